The van der Waals surface area contributed by atoms with E-state index in [0.29, 0.717) is 17.2 Å². The topological polar surface area (TPSA) is 94.1 Å². The van der Waals surface area contributed by atoms with Crippen molar-refractivity contribution in [3.63, 3.8) is 0 Å². The zero-order chi connectivity index (χ0) is 21.3. The minimum atomic E-state index is -1.09. The molecule has 0 heterocycles. The molecule has 0 fully saturated rings. The summed E-state index contributed by atoms with van der Waals surface area (Å²) >= 11 is 0. The molecule has 0 bridgehead atoms. The number of aromatic carboxylic acids is 1. The molecular weight excluding hydrogens is 386 g/mol. The van der Waals surface area contributed by atoms with Gasteiger partial charge in [0, 0.05) is 7.11 Å². The van der Waals surface area contributed by atoms with Gasteiger partial charge in [-0.05, 0) is 54.1 Å². The van der Waals surface area contributed by atoms with Gasteiger partial charge >= 0.3 is 5.97 Å². The Morgan fingerprint density at radius 3 is 2.10 bits per heavy atom. The van der Waals surface area contributed by atoms with Crippen LogP contribution in [0.2, 0.25) is 0 Å². The van der Waals surface area contributed by atoms with Crippen LogP contribution in [0.15, 0.2) is 72.8 Å². The summed E-state index contributed by atoms with van der Waals surface area (Å²) in [6.07, 6.45) is 0.111. The fourth-order valence-electron chi connectivity index (χ4n) is 2.70. The molecule has 0 aliphatic heterocycles. The minimum Gasteiger partial charge on any atom is -0.478 e. The molecule has 0 unspecified atom stereocenters. The van der Waals surface area contributed by atoms with E-state index in [9.17, 15) is 14.7 Å². The molecular formula is C23H21NO6. The Balaban J connectivity index is 1.57. The summed E-state index contributed by atoms with van der Waals surface area (Å²) in [4.78, 5) is 23.5. The normalized spacial score (nSPS) is 10.3. The van der Waals surface area contributed by atoms with Gasteiger partial charge in [-0.25, -0.2) is 4.79 Å². The number of methoxy groups -OCH3 is 1. The Bertz CT molecular complexity index is 999. The van der Waals surface area contributed by atoms with Gasteiger partial charge in [0.05, 0.1) is 17.7 Å². The van der Waals surface area contributed by atoms with Gasteiger partial charge in [-0.15, -0.1) is 0 Å². The number of anilines is 1. The summed E-state index contributed by atoms with van der Waals surface area (Å²) in [7, 11) is 1.56. The Morgan fingerprint density at radius 1 is 0.867 bits per heavy atom. The third kappa shape index (κ3) is 5.83. The molecule has 2 N–H and O–H groups in total. The number of hydrogen-bond donors (Lipinski definition) is 2. The molecule has 0 radical (unpaired) electrons. The van der Waals surface area contributed by atoms with Crippen molar-refractivity contribution in [2.75, 3.05) is 19.2 Å². The van der Waals surface area contributed by atoms with Gasteiger partial charge in [0.2, 0.25) is 5.91 Å². The van der Waals surface area contributed by atoms with Gasteiger partial charge < -0.3 is 24.6 Å². The number of benzene rings is 3. The van der Waals surface area contributed by atoms with E-state index < -0.39 is 5.97 Å². The number of hydrogen-bond acceptors (Lipinski definition) is 5. The molecule has 7 heteroatoms. The summed E-state index contributed by atoms with van der Waals surface area (Å²) in [5.74, 6) is 0.557. The molecule has 0 aliphatic carbocycles. The summed E-state index contributed by atoms with van der Waals surface area (Å²) < 4.78 is 16.0. The largest absolute Gasteiger partial charge is 0.478 e. The molecule has 1 amide bonds. The van der Waals surface area contributed by atoms with Crippen LogP contribution in [-0.2, 0) is 16.0 Å². The Labute approximate surface area is 173 Å². The van der Waals surface area contributed by atoms with Crippen LogP contribution in [0.25, 0.3) is 0 Å². The maximum atomic E-state index is 12.3. The second kappa shape index (κ2) is 10.1. The maximum Gasteiger partial charge on any atom is 0.337 e. The van der Waals surface area contributed by atoms with Crippen molar-refractivity contribution in [1.82, 2.24) is 0 Å². The van der Waals surface area contributed by atoms with Crippen LogP contribution in [0, 0.1) is 0 Å². The van der Waals surface area contributed by atoms with E-state index >= 15 is 0 Å². The van der Waals surface area contributed by atoms with Crippen LogP contribution in [-0.4, -0.2) is 30.9 Å². The number of carboxylic acids is 1. The second-order valence-corrected chi connectivity index (χ2v) is 6.34. The molecule has 0 atom stereocenters. The Kier molecular flexibility index (Phi) is 7.02. The van der Waals surface area contributed by atoms with E-state index in [-0.39, 0.29) is 30.4 Å². The van der Waals surface area contributed by atoms with Crippen molar-refractivity contribution >= 4 is 17.6 Å². The van der Waals surface area contributed by atoms with E-state index in [0.717, 1.165) is 5.56 Å². The molecule has 7 nitrogen and oxygen atoms in total. The smallest absolute Gasteiger partial charge is 0.337 e. The predicted molar refractivity (Wildman–Crippen MR) is 111 cm³/mol. The lowest BCUT2D eigenvalue weighted by atomic mass is 10.1. The average molecular weight is 407 g/mol. The number of nitrogens with one attached hydrogen (secondary N) is 1. The van der Waals surface area contributed by atoms with Gasteiger partial charge in [0.15, 0.2) is 6.79 Å². The zero-order valence-electron chi connectivity index (χ0n) is 16.3. The van der Waals surface area contributed by atoms with Gasteiger partial charge in [-0.3, -0.25) is 4.79 Å². The lowest BCUT2D eigenvalue weighted by molar-refractivity contribution is -0.115. The number of ether oxygens (including phenoxy) is 3. The van der Waals surface area contributed by atoms with Crippen LogP contribution >= 0.6 is 0 Å². The van der Waals surface area contributed by atoms with Gasteiger partial charge in [0.1, 0.15) is 17.2 Å². The Morgan fingerprint density at radius 2 is 1.47 bits per heavy atom. The molecule has 3 aromatic rings. The first-order valence-corrected chi connectivity index (χ1v) is 9.16. The van der Waals surface area contributed by atoms with Crippen molar-refractivity contribution in [1.29, 1.82) is 0 Å². The van der Waals surface area contributed by atoms with E-state index in [2.05, 4.69) is 5.32 Å². The van der Waals surface area contributed by atoms with Gasteiger partial charge in [0.25, 0.3) is 0 Å². The summed E-state index contributed by atoms with van der Waals surface area (Å²) in [5.41, 5.74) is 1.09. The number of carbonyl (C=O) groups is 2. The number of para-hydroxylation sites is 1. The molecule has 0 spiro atoms. The highest BCUT2D eigenvalue weighted by molar-refractivity contribution is 6.00. The first-order chi connectivity index (χ1) is 14.5. The van der Waals surface area contributed by atoms with Crippen molar-refractivity contribution in [2.45, 2.75) is 6.42 Å². The highest BCUT2D eigenvalue weighted by Crippen LogP contribution is 2.24. The maximum absolute atomic E-state index is 12.3. The molecule has 3 rings (SSSR count). The number of rotatable bonds is 9. The SMILES string of the molecule is COCOc1ccc(Oc2ccc(CC(=O)Nc3ccccc3C(=O)O)cc2)cc1. The van der Waals surface area contributed by atoms with E-state index in [1.807, 2.05) is 0 Å². The van der Waals surface area contributed by atoms with E-state index in [4.69, 9.17) is 14.2 Å². The summed E-state index contributed by atoms with van der Waals surface area (Å²) in [6.45, 7) is 0.178. The first-order valence-electron chi connectivity index (χ1n) is 9.16. The molecule has 30 heavy (non-hydrogen) atoms. The van der Waals surface area contributed by atoms with Crippen molar-refractivity contribution in [2.24, 2.45) is 0 Å². The number of carbonyl (C=O) groups excluding carboxylic acids is 1. The predicted octanol–water partition coefficient (Wildman–Crippen LogP) is 4.34. The highest BCUT2D eigenvalue weighted by Gasteiger charge is 2.12. The van der Waals surface area contributed by atoms with Crippen LogP contribution in [0.4, 0.5) is 5.69 Å². The highest BCUT2D eigenvalue weighted by atomic mass is 16.7. The van der Waals surface area contributed by atoms with Crippen LogP contribution in [0.1, 0.15) is 15.9 Å². The Hall–Kier alpha value is -3.84. The molecule has 0 aromatic heterocycles. The third-order valence-corrected chi connectivity index (χ3v) is 4.12. The quantitative estimate of drug-likeness (QED) is 0.513. The molecule has 0 aliphatic rings. The van der Waals surface area contributed by atoms with Crippen LogP contribution in [0.3, 0.4) is 0 Å². The second-order valence-electron chi connectivity index (χ2n) is 6.34. The van der Waals surface area contributed by atoms with E-state index in [1.54, 1.807) is 73.8 Å². The van der Waals surface area contributed by atoms with Crippen LogP contribution in [0.5, 0.6) is 17.2 Å². The van der Waals surface area contributed by atoms with Crippen molar-refractivity contribution in [3.8, 4) is 17.2 Å². The monoisotopic (exact) mass is 407 g/mol. The molecule has 154 valence electrons. The number of amides is 1. The van der Waals surface area contributed by atoms with Crippen molar-refractivity contribution < 1.29 is 28.9 Å². The molecule has 0 saturated heterocycles. The first kappa shape index (κ1) is 20.9. The minimum absolute atomic E-state index is 0.0493. The van der Waals surface area contributed by atoms with Crippen molar-refractivity contribution in [3.05, 3.63) is 83.9 Å². The fraction of sp³-hybridized carbons (Fsp3) is 0.130. The molecule has 3 aromatic carbocycles. The summed E-state index contributed by atoms with van der Waals surface area (Å²) in [5, 5.41) is 11.8. The average Bonchev–Trinajstić information content (AvgIpc) is 2.75. The number of carboxylic acid groups (broad SMARTS) is 1. The standard InChI is InChI=1S/C23H21NO6/c1-28-15-29-17-10-12-19(13-11-17)30-18-8-6-16(7-9-18)14-22(25)24-21-5-3-2-4-20(21)23(26)27/h2-13H,14-15H2,1H3,(H,24,25)(H,26,27). The zero-order valence-corrected chi connectivity index (χ0v) is 16.3. The van der Waals surface area contributed by atoms with Gasteiger partial charge in [-0.1, -0.05) is 24.3 Å². The van der Waals surface area contributed by atoms with E-state index in [1.165, 1.54) is 6.07 Å². The third-order valence-electron chi connectivity index (χ3n) is 4.12. The lowest BCUT2D eigenvalue weighted by Gasteiger charge is -2.10. The fourth-order valence-corrected chi connectivity index (χ4v) is 2.70. The van der Waals surface area contributed by atoms with Crippen LogP contribution < -0.4 is 14.8 Å². The lowest BCUT2D eigenvalue weighted by Crippen LogP contribution is -2.16. The summed E-state index contributed by atoms with van der Waals surface area (Å²) in [6, 6.07) is 20.5. The van der Waals surface area contributed by atoms with Gasteiger partial charge in [-0.2, -0.15) is 0 Å². The molecule has 0 saturated carbocycles.